The molecule has 40 heavy (non-hydrogen) atoms. The summed E-state index contributed by atoms with van der Waals surface area (Å²) < 4.78 is 26.2. The number of anilines is 1. The van der Waals surface area contributed by atoms with Crippen LogP contribution in [0.3, 0.4) is 0 Å². The third-order valence-electron chi connectivity index (χ3n) is 5.29. The van der Waals surface area contributed by atoms with Crippen molar-refractivity contribution in [2.75, 3.05) is 45.4 Å². The number of aliphatic hydroxyl groups is 1. The number of nitrogens with zero attached hydrogens (tertiary/aromatic N) is 6. The monoisotopic (exact) mass is 574 g/mol. The Kier molecular flexibility index (Phi) is 10.8. The Morgan fingerprint density at radius 1 is 0.850 bits per heavy atom. The zero-order valence-electron chi connectivity index (χ0n) is 21.5. The second kappa shape index (κ2) is 14.2. The number of benzene rings is 3. The van der Waals surface area contributed by atoms with Gasteiger partial charge in [0.15, 0.2) is 0 Å². The van der Waals surface area contributed by atoms with Gasteiger partial charge in [0, 0.05) is 43.0 Å². The molecule has 212 valence electrons. The number of methoxy groups -OCH3 is 2. The van der Waals surface area contributed by atoms with E-state index in [4.69, 9.17) is 19.3 Å². The van der Waals surface area contributed by atoms with Crippen LogP contribution in [0.25, 0.3) is 0 Å². The Morgan fingerprint density at radius 2 is 1.35 bits per heavy atom. The zero-order chi connectivity index (χ0) is 29.1. The molecule has 0 aromatic heterocycles. The van der Waals surface area contributed by atoms with Gasteiger partial charge in [0.1, 0.15) is 22.9 Å². The first-order valence-electron chi connectivity index (χ1n) is 11.6. The Bertz CT molecular complexity index is 1400. The molecule has 3 aromatic rings. The molecule has 0 aliphatic carbocycles. The Morgan fingerprint density at radius 3 is 1.77 bits per heavy atom. The van der Waals surface area contributed by atoms with Gasteiger partial charge in [0.05, 0.1) is 43.7 Å². The molecule has 0 spiro atoms. The predicted octanol–water partition coefficient (Wildman–Crippen LogP) is 5.35. The molecule has 0 unspecified atom stereocenters. The molecule has 0 aliphatic heterocycles. The largest absolute Gasteiger partial charge is 0.494 e. The van der Waals surface area contributed by atoms with Crippen molar-refractivity contribution in [2.24, 2.45) is 20.5 Å². The number of ether oxygens (including phenoxy) is 2. The lowest BCUT2D eigenvalue weighted by molar-refractivity contribution is -0.384. The van der Waals surface area contributed by atoms with Crippen LogP contribution in [0.5, 0.6) is 11.5 Å². The SMILES string of the molecule is COc1cc(N=Nc2ccc([N+](=O)[O-])cc2)c(OC)cc1N=Nc1ccc(N(CCO)CCOP(=O)(O)O)cc1. The summed E-state index contributed by atoms with van der Waals surface area (Å²) in [5, 5.41) is 36.9. The number of non-ortho nitro benzene ring substituents is 1. The van der Waals surface area contributed by atoms with Crippen molar-refractivity contribution in [1.29, 1.82) is 0 Å². The van der Waals surface area contributed by atoms with Crippen LogP contribution in [-0.4, -0.2) is 60.3 Å². The van der Waals surface area contributed by atoms with E-state index in [0.717, 1.165) is 0 Å². The molecule has 0 heterocycles. The molecular weight excluding hydrogens is 547 g/mol. The molecule has 15 nitrogen and oxygen atoms in total. The van der Waals surface area contributed by atoms with Crippen LogP contribution in [0, 0.1) is 10.1 Å². The molecular formula is C24H27N6O9P. The standard InChI is InChI=1S/C24H27N6O9P/c1-37-23-16-22(28-26-18-5-9-20(10-6-18)30(32)33)24(38-2)15-21(23)27-25-17-3-7-19(8-4-17)29(11-13-31)12-14-39-40(34,35)36/h3-10,15-16,31H,11-14H2,1-2H3,(H2,34,35,36). The lowest BCUT2D eigenvalue weighted by Crippen LogP contribution is -2.30. The van der Waals surface area contributed by atoms with Crippen LogP contribution in [0.15, 0.2) is 81.1 Å². The normalized spacial score (nSPS) is 11.7. The zero-order valence-corrected chi connectivity index (χ0v) is 22.4. The molecule has 0 aliphatic rings. The molecule has 0 saturated carbocycles. The third-order valence-corrected chi connectivity index (χ3v) is 5.81. The third kappa shape index (κ3) is 8.90. The fourth-order valence-corrected chi connectivity index (χ4v) is 3.70. The van der Waals surface area contributed by atoms with Crippen molar-refractivity contribution >= 4 is 41.9 Å². The Hall–Kier alpha value is -4.27. The van der Waals surface area contributed by atoms with Gasteiger partial charge in [-0.2, -0.15) is 10.2 Å². The molecule has 0 saturated heterocycles. The minimum absolute atomic E-state index is 0.0576. The van der Waals surface area contributed by atoms with Crippen LogP contribution in [0.4, 0.5) is 34.1 Å². The molecule has 16 heteroatoms. The number of hydrogen-bond acceptors (Lipinski definition) is 12. The van der Waals surface area contributed by atoms with Crippen molar-refractivity contribution in [3.63, 3.8) is 0 Å². The number of nitro groups is 1. The second-order valence-electron chi connectivity index (χ2n) is 7.92. The molecule has 0 amide bonds. The molecule has 3 rings (SSSR count). The van der Waals surface area contributed by atoms with Gasteiger partial charge in [-0.25, -0.2) is 4.57 Å². The number of aliphatic hydroxyl groups excluding tert-OH is 1. The molecule has 3 N–H and O–H groups in total. The number of azo groups is 2. The summed E-state index contributed by atoms with van der Waals surface area (Å²) in [7, 11) is -1.67. The number of phosphoric ester groups is 1. The topological polar surface area (TPSA) is 201 Å². The fraction of sp³-hybridized carbons (Fsp3) is 0.250. The number of phosphoric acid groups is 1. The average molecular weight is 574 g/mol. The number of nitro benzene ring substituents is 1. The van der Waals surface area contributed by atoms with Gasteiger partial charge in [-0.1, -0.05) is 0 Å². The van der Waals surface area contributed by atoms with Crippen molar-refractivity contribution < 1.29 is 38.4 Å². The van der Waals surface area contributed by atoms with E-state index in [1.807, 2.05) is 0 Å². The van der Waals surface area contributed by atoms with Gasteiger partial charge < -0.3 is 29.3 Å². The van der Waals surface area contributed by atoms with E-state index in [2.05, 4.69) is 25.0 Å². The van der Waals surface area contributed by atoms with Crippen LogP contribution in [0.1, 0.15) is 0 Å². The summed E-state index contributed by atoms with van der Waals surface area (Å²) in [6.45, 7) is -0.00704. The van der Waals surface area contributed by atoms with Gasteiger partial charge in [0.25, 0.3) is 5.69 Å². The van der Waals surface area contributed by atoms with Gasteiger partial charge in [-0.3, -0.25) is 14.6 Å². The highest BCUT2D eigenvalue weighted by atomic mass is 31.2. The summed E-state index contributed by atoms with van der Waals surface area (Å²) in [5.41, 5.74) is 2.23. The molecule has 0 fully saturated rings. The maximum atomic E-state index is 10.9. The maximum Gasteiger partial charge on any atom is 0.469 e. The lowest BCUT2D eigenvalue weighted by atomic mass is 10.2. The van der Waals surface area contributed by atoms with Gasteiger partial charge in [-0.05, 0) is 36.4 Å². The maximum absolute atomic E-state index is 10.9. The molecule has 3 aromatic carbocycles. The average Bonchev–Trinajstić information content (AvgIpc) is 2.94. The van der Waals surface area contributed by atoms with Crippen LogP contribution in [-0.2, 0) is 9.09 Å². The van der Waals surface area contributed by atoms with Crippen molar-refractivity contribution in [3.8, 4) is 11.5 Å². The highest BCUT2D eigenvalue weighted by Crippen LogP contribution is 2.41. The fourth-order valence-electron chi connectivity index (χ4n) is 3.38. The number of rotatable bonds is 14. The van der Waals surface area contributed by atoms with Crippen molar-refractivity contribution in [3.05, 3.63) is 70.8 Å². The predicted molar refractivity (Wildman–Crippen MR) is 145 cm³/mol. The quantitative estimate of drug-likeness (QED) is 0.0974. The summed E-state index contributed by atoms with van der Waals surface area (Å²) >= 11 is 0. The smallest absolute Gasteiger partial charge is 0.469 e. The molecule has 0 bridgehead atoms. The summed E-state index contributed by atoms with van der Waals surface area (Å²) in [6, 6.07) is 15.6. The minimum Gasteiger partial charge on any atom is -0.494 e. The van der Waals surface area contributed by atoms with E-state index < -0.39 is 12.7 Å². The van der Waals surface area contributed by atoms with E-state index in [0.29, 0.717) is 39.9 Å². The highest BCUT2D eigenvalue weighted by Gasteiger charge is 2.15. The highest BCUT2D eigenvalue weighted by molar-refractivity contribution is 7.46. The lowest BCUT2D eigenvalue weighted by Gasteiger charge is -2.23. The minimum atomic E-state index is -4.58. The van der Waals surface area contributed by atoms with E-state index in [1.54, 1.807) is 41.3 Å². The van der Waals surface area contributed by atoms with Gasteiger partial charge >= 0.3 is 7.82 Å². The number of hydrogen-bond donors (Lipinski definition) is 3. The summed E-state index contributed by atoms with van der Waals surface area (Å²) in [6.07, 6.45) is 0. The van der Waals surface area contributed by atoms with E-state index in [-0.39, 0.29) is 32.0 Å². The van der Waals surface area contributed by atoms with Gasteiger partial charge in [-0.15, -0.1) is 10.2 Å². The Balaban J connectivity index is 1.76. The summed E-state index contributed by atoms with van der Waals surface area (Å²) in [4.78, 5) is 29.7. The molecule has 0 radical (unpaired) electrons. The Labute approximate surface area is 228 Å². The van der Waals surface area contributed by atoms with Gasteiger partial charge in [0.2, 0.25) is 0 Å². The second-order valence-corrected chi connectivity index (χ2v) is 9.16. The van der Waals surface area contributed by atoms with Crippen LogP contribution in [0.2, 0.25) is 0 Å². The van der Waals surface area contributed by atoms with Crippen LogP contribution >= 0.6 is 7.82 Å². The first-order chi connectivity index (χ1) is 19.1. The van der Waals surface area contributed by atoms with Crippen molar-refractivity contribution in [1.82, 2.24) is 0 Å². The first-order valence-corrected chi connectivity index (χ1v) is 13.2. The van der Waals surface area contributed by atoms with E-state index in [9.17, 15) is 19.8 Å². The summed E-state index contributed by atoms with van der Waals surface area (Å²) in [5.74, 6) is 0.686. The van der Waals surface area contributed by atoms with Crippen LogP contribution < -0.4 is 14.4 Å². The van der Waals surface area contributed by atoms with E-state index >= 15 is 0 Å². The molecule has 0 atom stereocenters. The first kappa shape index (κ1) is 30.3. The van der Waals surface area contributed by atoms with Crippen molar-refractivity contribution in [2.45, 2.75) is 0 Å². The van der Waals surface area contributed by atoms with E-state index in [1.165, 1.54) is 38.5 Å².